The fourth-order valence-electron chi connectivity index (χ4n) is 1.21. The third-order valence-corrected chi connectivity index (χ3v) is 2.80. The minimum absolute atomic E-state index is 0.277. The highest BCUT2D eigenvalue weighted by molar-refractivity contribution is 7.09. The fraction of sp³-hybridized carbons (Fsp3) is 0.583. The predicted octanol–water partition coefficient (Wildman–Crippen LogP) is 1.67. The van der Waals surface area contributed by atoms with Crippen LogP contribution in [-0.4, -0.2) is 28.6 Å². The molecular weight excluding hydrogens is 266 g/mol. The van der Waals surface area contributed by atoms with Gasteiger partial charge in [0.2, 0.25) is 5.91 Å². The van der Waals surface area contributed by atoms with E-state index in [1.165, 1.54) is 11.3 Å². The van der Waals surface area contributed by atoms with Crippen LogP contribution in [0, 0.1) is 0 Å². The second kappa shape index (κ2) is 6.51. The summed E-state index contributed by atoms with van der Waals surface area (Å²) in [5, 5.41) is 7.82. The van der Waals surface area contributed by atoms with Crippen molar-refractivity contribution < 1.29 is 14.3 Å². The largest absolute Gasteiger partial charge is 0.444 e. The van der Waals surface area contributed by atoms with Gasteiger partial charge in [0.15, 0.2) is 0 Å². The number of nitrogens with one attached hydrogen (secondary N) is 2. The molecule has 0 radical (unpaired) electrons. The topological polar surface area (TPSA) is 80.3 Å². The SMILES string of the molecule is CC(NC(=O)OC(C)(C)C)C(=O)NCc1nccs1. The molecule has 1 rings (SSSR count). The number of nitrogens with zero attached hydrogens (tertiary/aromatic N) is 1. The lowest BCUT2D eigenvalue weighted by molar-refractivity contribution is -0.122. The molecule has 1 unspecified atom stereocenters. The van der Waals surface area contributed by atoms with Crippen molar-refractivity contribution in [1.29, 1.82) is 0 Å². The average Bonchev–Trinajstić information content (AvgIpc) is 2.75. The van der Waals surface area contributed by atoms with E-state index < -0.39 is 17.7 Å². The van der Waals surface area contributed by atoms with Crippen LogP contribution in [0.4, 0.5) is 4.79 Å². The molecule has 0 aromatic carbocycles. The molecule has 19 heavy (non-hydrogen) atoms. The number of ether oxygens (including phenoxy) is 1. The zero-order valence-corrected chi connectivity index (χ0v) is 12.3. The van der Waals surface area contributed by atoms with Gasteiger partial charge in [-0.05, 0) is 27.7 Å². The van der Waals surface area contributed by atoms with Crippen molar-refractivity contribution in [3.05, 3.63) is 16.6 Å². The molecule has 0 saturated heterocycles. The molecule has 0 aliphatic heterocycles. The van der Waals surface area contributed by atoms with E-state index in [1.807, 2.05) is 5.38 Å². The second-order valence-electron chi connectivity index (χ2n) is 5.01. The van der Waals surface area contributed by atoms with E-state index in [0.29, 0.717) is 6.54 Å². The summed E-state index contributed by atoms with van der Waals surface area (Å²) in [6, 6.07) is -0.658. The molecule has 0 aliphatic rings. The quantitative estimate of drug-likeness (QED) is 0.882. The van der Waals surface area contributed by atoms with Crippen LogP contribution in [-0.2, 0) is 16.1 Å². The van der Waals surface area contributed by atoms with Crippen LogP contribution < -0.4 is 10.6 Å². The predicted molar refractivity (Wildman–Crippen MR) is 72.8 cm³/mol. The molecule has 0 saturated carbocycles. The Bertz CT molecular complexity index is 426. The lowest BCUT2D eigenvalue weighted by atomic mass is 10.2. The van der Waals surface area contributed by atoms with E-state index in [4.69, 9.17) is 4.74 Å². The Hall–Kier alpha value is -1.63. The zero-order chi connectivity index (χ0) is 14.5. The number of hydrogen-bond acceptors (Lipinski definition) is 5. The van der Waals surface area contributed by atoms with E-state index in [0.717, 1.165) is 5.01 Å². The molecule has 0 bridgehead atoms. The summed E-state index contributed by atoms with van der Waals surface area (Å²) in [6.45, 7) is 7.25. The van der Waals surface area contributed by atoms with Crippen molar-refractivity contribution in [2.45, 2.75) is 45.9 Å². The number of rotatable bonds is 4. The Balaban J connectivity index is 2.34. The van der Waals surface area contributed by atoms with Crippen LogP contribution in [0.1, 0.15) is 32.7 Å². The molecule has 7 heteroatoms. The van der Waals surface area contributed by atoms with E-state index in [-0.39, 0.29) is 5.91 Å². The second-order valence-corrected chi connectivity index (χ2v) is 5.99. The van der Waals surface area contributed by atoms with E-state index >= 15 is 0 Å². The summed E-state index contributed by atoms with van der Waals surface area (Å²) in [5.41, 5.74) is -0.582. The third-order valence-electron chi connectivity index (χ3n) is 2.02. The number of carbonyl (C=O) groups excluding carboxylic acids is 2. The Morgan fingerprint density at radius 3 is 2.68 bits per heavy atom. The number of hydrogen-bond donors (Lipinski definition) is 2. The van der Waals surface area contributed by atoms with Crippen LogP contribution in [0.25, 0.3) is 0 Å². The van der Waals surface area contributed by atoms with Gasteiger partial charge < -0.3 is 15.4 Å². The molecule has 2 amide bonds. The molecule has 1 aromatic heterocycles. The Kier molecular flexibility index (Phi) is 5.29. The van der Waals surface area contributed by atoms with Gasteiger partial charge in [-0.3, -0.25) is 4.79 Å². The number of carbonyl (C=O) groups is 2. The average molecular weight is 285 g/mol. The molecule has 0 spiro atoms. The summed E-state index contributed by atoms with van der Waals surface area (Å²) in [4.78, 5) is 27.3. The highest BCUT2D eigenvalue weighted by Crippen LogP contribution is 2.07. The van der Waals surface area contributed by atoms with Gasteiger partial charge in [-0.25, -0.2) is 9.78 Å². The fourth-order valence-corrected chi connectivity index (χ4v) is 1.76. The molecule has 0 fully saturated rings. The van der Waals surface area contributed by atoms with Gasteiger partial charge >= 0.3 is 6.09 Å². The Morgan fingerprint density at radius 2 is 2.16 bits per heavy atom. The van der Waals surface area contributed by atoms with Crippen molar-refractivity contribution in [2.75, 3.05) is 0 Å². The van der Waals surface area contributed by atoms with Gasteiger partial charge in [-0.15, -0.1) is 11.3 Å². The number of aromatic nitrogens is 1. The minimum atomic E-state index is -0.658. The Morgan fingerprint density at radius 1 is 1.47 bits per heavy atom. The molecule has 2 N–H and O–H groups in total. The summed E-state index contributed by atoms with van der Waals surface area (Å²) in [5.74, 6) is -0.277. The number of thiazole rings is 1. The molecule has 1 heterocycles. The maximum atomic E-state index is 11.7. The monoisotopic (exact) mass is 285 g/mol. The van der Waals surface area contributed by atoms with E-state index in [1.54, 1.807) is 33.9 Å². The van der Waals surface area contributed by atoms with E-state index in [9.17, 15) is 9.59 Å². The zero-order valence-electron chi connectivity index (χ0n) is 11.5. The van der Waals surface area contributed by atoms with Crippen LogP contribution in [0.15, 0.2) is 11.6 Å². The molecule has 1 atom stereocenters. The first-order valence-electron chi connectivity index (χ1n) is 5.93. The van der Waals surface area contributed by atoms with Crippen molar-refractivity contribution in [3.8, 4) is 0 Å². The summed E-state index contributed by atoms with van der Waals surface area (Å²) in [6.07, 6.45) is 1.07. The maximum absolute atomic E-state index is 11.7. The van der Waals surface area contributed by atoms with Gasteiger partial charge in [0.25, 0.3) is 0 Å². The third kappa shape index (κ3) is 6.19. The van der Waals surface area contributed by atoms with Crippen LogP contribution in [0.3, 0.4) is 0 Å². The van der Waals surface area contributed by atoms with Crippen LogP contribution in [0.2, 0.25) is 0 Å². The normalized spacial score (nSPS) is 12.6. The van der Waals surface area contributed by atoms with Gasteiger partial charge in [0.05, 0.1) is 6.54 Å². The number of amides is 2. The molecule has 1 aromatic rings. The van der Waals surface area contributed by atoms with E-state index in [2.05, 4.69) is 15.6 Å². The summed E-state index contributed by atoms with van der Waals surface area (Å²) in [7, 11) is 0. The smallest absolute Gasteiger partial charge is 0.408 e. The van der Waals surface area contributed by atoms with Crippen molar-refractivity contribution >= 4 is 23.3 Å². The lowest BCUT2D eigenvalue weighted by Crippen LogP contribution is -2.46. The van der Waals surface area contributed by atoms with Crippen molar-refractivity contribution in [3.63, 3.8) is 0 Å². The first-order valence-corrected chi connectivity index (χ1v) is 6.81. The molecular formula is C12H19N3O3S. The van der Waals surface area contributed by atoms with Crippen LogP contribution >= 0.6 is 11.3 Å². The standard InChI is InChI=1S/C12H19N3O3S/c1-8(15-11(17)18-12(2,3)4)10(16)14-7-9-13-5-6-19-9/h5-6,8H,7H2,1-4H3,(H,14,16)(H,15,17). The first kappa shape index (κ1) is 15.4. The molecule has 6 nitrogen and oxygen atoms in total. The van der Waals surface area contributed by atoms with Gasteiger partial charge in [0, 0.05) is 11.6 Å². The molecule has 0 aliphatic carbocycles. The number of alkyl carbamates (subject to hydrolysis) is 1. The van der Waals surface area contributed by atoms with Crippen molar-refractivity contribution in [1.82, 2.24) is 15.6 Å². The van der Waals surface area contributed by atoms with Gasteiger partial charge in [-0.1, -0.05) is 0 Å². The molecule has 106 valence electrons. The maximum Gasteiger partial charge on any atom is 0.408 e. The highest BCUT2D eigenvalue weighted by atomic mass is 32.1. The van der Waals surface area contributed by atoms with Crippen LogP contribution in [0.5, 0.6) is 0 Å². The van der Waals surface area contributed by atoms with Gasteiger partial charge in [-0.2, -0.15) is 0 Å². The first-order chi connectivity index (χ1) is 8.78. The lowest BCUT2D eigenvalue weighted by Gasteiger charge is -2.21. The minimum Gasteiger partial charge on any atom is -0.444 e. The van der Waals surface area contributed by atoms with Crippen molar-refractivity contribution in [2.24, 2.45) is 0 Å². The Labute approximate surface area is 116 Å². The van der Waals surface area contributed by atoms with Gasteiger partial charge in [0.1, 0.15) is 16.7 Å². The summed E-state index contributed by atoms with van der Waals surface area (Å²) < 4.78 is 5.07. The highest BCUT2D eigenvalue weighted by Gasteiger charge is 2.20. The summed E-state index contributed by atoms with van der Waals surface area (Å²) >= 11 is 1.46.